The van der Waals surface area contributed by atoms with Gasteiger partial charge in [0.05, 0.1) is 19.1 Å². The average molecular weight is 262 g/mol. The lowest BCUT2D eigenvalue weighted by molar-refractivity contribution is -0.170. The van der Waals surface area contributed by atoms with E-state index in [-0.39, 0.29) is 11.3 Å². The first kappa shape index (κ1) is 14.0. The summed E-state index contributed by atoms with van der Waals surface area (Å²) in [5, 5.41) is 9.42. The van der Waals surface area contributed by atoms with Crippen LogP contribution in [0.1, 0.15) is 16.8 Å². The van der Waals surface area contributed by atoms with Gasteiger partial charge >= 0.3 is 6.18 Å². The van der Waals surface area contributed by atoms with Crippen LogP contribution in [0.25, 0.3) is 0 Å². The molecule has 0 aromatic heterocycles. The molecule has 0 radical (unpaired) electrons. The first-order chi connectivity index (χ1) is 8.25. The van der Waals surface area contributed by atoms with Crippen molar-refractivity contribution in [3.8, 4) is 11.5 Å². The molecular weight excluding hydrogens is 253 g/mol. The summed E-state index contributed by atoms with van der Waals surface area (Å²) in [6.45, 7) is 0. The van der Waals surface area contributed by atoms with Gasteiger partial charge in [-0.15, -0.1) is 0 Å². The fourth-order valence-corrected chi connectivity index (χ4v) is 1.22. The van der Waals surface area contributed by atoms with Crippen LogP contribution < -0.4 is 4.74 Å². The van der Waals surface area contributed by atoms with Crippen molar-refractivity contribution in [3.05, 3.63) is 23.8 Å². The molecule has 0 unspecified atom stereocenters. The monoisotopic (exact) mass is 262 g/mol. The van der Waals surface area contributed by atoms with Crippen LogP contribution >= 0.6 is 0 Å². The van der Waals surface area contributed by atoms with Crippen molar-refractivity contribution in [3.63, 3.8) is 0 Å². The van der Waals surface area contributed by atoms with Crippen molar-refractivity contribution >= 4 is 11.6 Å². The number of hydrogen-bond acceptors (Lipinski definition) is 4. The number of methoxy groups -OCH3 is 1. The number of Topliss-reactive ketones (excluding diaryl/α,β-unsaturated/α-hetero) is 2. The second-order valence-corrected chi connectivity index (χ2v) is 3.40. The minimum absolute atomic E-state index is 0.242. The van der Waals surface area contributed by atoms with E-state index >= 15 is 0 Å². The van der Waals surface area contributed by atoms with Crippen molar-refractivity contribution in [2.75, 3.05) is 7.11 Å². The molecule has 0 saturated heterocycles. The highest BCUT2D eigenvalue weighted by atomic mass is 19.4. The highest BCUT2D eigenvalue weighted by molar-refractivity contribution is 6.10. The summed E-state index contributed by atoms with van der Waals surface area (Å²) in [5.74, 6) is -3.54. The second-order valence-electron chi connectivity index (χ2n) is 3.40. The van der Waals surface area contributed by atoms with E-state index in [0.29, 0.717) is 0 Å². The minimum Gasteiger partial charge on any atom is -0.507 e. The third-order valence-electron chi connectivity index (χ3n) is 2.14. The molecular formula is C11H9F3O4. The number of rotatable bonds is 4. The maximum atomic E-state index is 12.0. The van der Waals surface area contributed by atoms with E-state index in [1.54, 1.807) is 0 Å². The third kappa shape index (κ3) is 3.22. The number of benzene rings is 1. The molecule has 4 nitrogen and oxygen atoms in total. The Morgan fingerprint density at radius 3 is 2.39 bits per heavy atom. The first-order valence-electron chi connectivity index (χ1n) is 4.76. The summed E-state index contributed by atoms with van der Waals surface area (Å²) < 4.78 is 40.6. The molecule has 1 N–H and O–H groups in total. The van der Waals surface area contributed by atoms with Crippen LogP contribution in [0, 0.1) is 0 Å². The summed E-state index contributed by atoms with van der Waals surface area (Å²) in [7, 11) is 1.32. The standard InChI is InChI=1S/C11H9F3O4/c1-18-6-2-3-7(8(15)4-6)9(16)5-10(17)11(12,13)14/h2-4,15H,5H2,1H3. The summed E-state index contributed by atoms with van der Waals surface area (Å²) in [5.41, 5.74) is -0.353. The number of halogens is 3. The van der Waals surface area contributed by atoms with Gasteiger partial charge in [0.1, 0.15) is 11.5 Å². The first-order valence-corrected chi connectivity index (χ1v) is 4.76. The van der Waals surface area contributed by atoms with Crippen molar-refractivity contribution in [2.24, 2.45) is 0 Å². The van der Waals surface area contributed by atoms with Crippen LogP contribution in [0.2, 0.25) is 0 Å². The Balaban J connectivity index is 2.89. The van der Waals surface area contributed by atoms with Crippen LogP contribution in [0.5, 0.6) is 11.5 Å². The van der Waals surface area contributed by atoms with Gasteiger partial charge in [-0.05, 0) is 12.1 Å². The number of hydrogen-bond donors (Lipinski definition) is 1. The maximum Gasteiger partial charge on any atom is 0.450 e. The Hall–Kier alpha value is -2.05. The molecule has 0 aliphatic rings. The molecule has 1 rings (SSSR count). The molecule has 0 atom stereocenters. The van der Waals surface area contributed by atoms with Gasteiger partial charge in [0.2, 0.25) is 5.78 Å². The van der Waals surface area contributed by atoms with E-state index in [9.17, 15) is 27.9 Å². The summed E-state index contributed by atoms with van der Waals surface area (Å²) in [6, 6.07) is 3.47. The van der Waals surface area contributed by atoms with Gasteiger partial charge in [-0.3, -0.25) is 9.59 Å². The quantitative estimate of drug-likeness (QED) is 0.666. The van der Waals surface area contributed by atoms with Crippen molar-refractivity contribution in [1.29, 1.82) is 0 Å². The highest BCUT2D eigenvalue weighted by Gasteiger charge is 2.39. The molecule has 0 amide bonds. The van der Waals surface area contributed by atoms with E-state index in [1.165, 1.54) is 13.2 Å². The van der Waals surface area contributed by atoms with Crippen LogP contribution in [-0.4, -0.2) is 30.0 Å². The SMILES string of the molecule is COc1ccc(C(=O)CC(=O)C(F)(F)F)c(O)c1. The summed E-state index contributed by atoms with van der Waals surface area (Å²) in [4.78, 5) is 22.0. The van der Waals surface area contributed by atoms with E-state index in [2.05, 4.69) is 0 Å². The molecule has 1 aromatic carbocycles. The lowest BCUT2D eigenvalue weighted by atomic mass is 10.0. The number of ketones is 2. The number of carbonyl (C=O) groups is 2. The number of ether oxygens (including phenoxy) is 1. The molecule has 0 heterocycles. The van der Waals surface area contributed by atoms with Crippen LogP contribution in [0.3, 0.4) is 0 Å². The van der Waals surface area contributed by atoms with Crippen molar-refractivity contribution in [1.82, 2.24) is 0 Å². The molecule has 0 aliphatic heterocycles. The van der Waals surface area contributed by atoms with Gasteiger partial charge in [0.25, 0.3) is 0 Å². The Bertz CT molecular complexity index is 480. The zero-order valence-electron chi connectivity index (χ0n) is 9.25. The summed E-state index contributed by atoms with van der Waals surface area (Å²) in [6.07, 6.45) is -6.39. The van der Waals surface area contributed by atoms with Gasteiger partial charge in [0, 0.05) is 6.07 Å². The van der Waals surface area contributed by atoms with Crippen molar-refractivity contribution in [2.45, 2.75) is 12.6 Å². The second kappa shape index (κ2) is 5.07. The molecule has 0 fully saturated rings. The van der Waals surface area contributed by atoms with Crippen molar-refractivity contribution < 1.29 is 32.6 Å². The topological polar surface area (TPSA) is 63.6 Å². The molecule has 0 saturated carbocycles. The fraction of sp³-hybridized carbons (Fsp3) is 0.273. The fourth-order valence-electron chi connectivity index (χ4n) is 1.22. The lowest BCUT2D eigenvalue weighted by Gasteiger charge is -2.07. The minimum atomic E-state index is -5.06. The van der Waals surface area contributed by atoms with Gasteiger partial charge < -0.3 is 9.84 Å². The number of phenols is 1. The number of aromatic hydroxyl groups is 1. The predicted octanol–water partition coefficient (Wildman–Crippen LogP) is 2.10. The van der Waals surface area contributed by atoms with Crippen LogP contribution in [0.4, 0.5) is 13.2 Å². The Kier molecular flexibility index (Phi) is 3.95. The zero-order valence-corrected chi connectivity index (χ0v) is 9.25. The average Bonchev–Trinajstić information content (AvgIpc) is 2.27. The largest absolute Gasteiger partial charge is 0.507 e. The van der Waals surface area contributed by atoms with Gasteiger partial charge in [0.15, 0.2) is 5.78 Å². The van der Waals surface area contributed by atoms with E-state index in [1.807, 2.05) is 0 Å². The lowest BCUT2D eigenvalue weighted by Crippen LogP contribution is -2.25. The summed E-state index contributed by atoms with van der Waals surface area (Å²) >= 11 is 0. The van der Waals surface area contributed by atoms with E-state index in [4.69, 9.17) is 4.74 Å². The molecule has 0 bridgehead atoms. The van der Waals surface area contributed by atoms with E-state index < -0.39 is 29.9 Å². The zero-order chi connectivity index (χ0) is 13.9. The smallest absolute Gasteiger partial charge is 0.450 e. The number of phenolic OH excluding ortho intramolecular Hbond substituents is 1. The molecule has 18 heavy (non-hydrogen) atoms. The van der Waals surface area contributed by atoms with Crippen LogP contribution in [0.15, 0.2) is 18.2 Å². The highest BCUT2D eigenvalue weighted by Crippen LogP contribution is 2.26. The third-order valence-corrected chi connectivity index (χ3v) is 2.14. The van der Waals surface area contributed by atoms with Crippen LogP contribution in [-0.2, 0) is 4.79 Å². The van der Waals surface area contributed by atoms with Gasteiger partial charge in [-0.25, -0.2) is 0 Å². The Morgan fingerprint density at radius 1 is 1.33 bits per heavy atom. The molecule has 0 aliphatic carbocycles. The molecule has 0 spiro atoms. The number of carbonyl (C=O) groups excluding carboxylic acids is 2. The molecule has 98 valence electrons. The maximum absolute atomic E-state index is 12.0. The molecule has 7 heteroatoms. The predicted molar refractivity (Wildman–Crippen MR) is 54.7 cm³/mol. The number of alkyl halides is 3. The Morgan fingerprint density at radius 2 is 1.94 bits per heavy atom. The Labute approximate surface area is 100.0 Å². The van der Waals surface area contributed by atoms with Gasteiger partial charge in [-0.2, -0.15) is 13.2 Å². The van der Waals surface area contributed by atoms with Gasteiger partial charge in [-0.1, -0.05) is 0 Å². The van der Waals surface area contributed by atoms with E-state index in [0.717, 1.165) is 12.1 Å². The molecule has 1 aromatic rings. The normalized spacial score (nSPS) is 11.1.